The predicted octanol–water partition coefficient (Wildman–Crippen LogP) is 3.63. The highest BCUT2D eigenvalue weighted by Crippen LogP contribution is 2.28. The van der Waals surface area contributed by atoms with Gasteiger partial charge in [0.2, 0.25) is 0 Å². The van der Waals surface area contributed by atoms with Gasteiger partial charge in [-0.2, -0.15) is 0 Å². The molecule has 2 aromatic rings. The number of hydrogen-bond donors (Lipinski definition) is 0. The average Bonchev–Trinajstić information content (AvgIpc) is 2.40. The number of hydrogen-bond acceptors (Lipinski definition) is 3. The minimum Gasteiger partial charge on any atom is -0.269 e. The molecule has 1 aromatic heterocycles. The van der Waals surface area contributed by atoms with E-state index in [9.17, 15) is 8.42 Å². The fraction of sp³-hybridized carbons (Fsp3) is 0.154. The minimum absolute atomic E-state index is 0.0300. The first kappa shape index (κ1) is 15.3. The van der Waals surface area contributed by atoms with E-state index in [0.29, 0.717) is 10.2 Å². The quantitative estimate of drug-likeness (QED) is 0.770. The lowest BCUT2D eigenvalue weighted by atomic mass is 10.2. The van der Waals surface area contributed by atoms with Crippen LogP contribution in [0.3, 0.4) is 0 Å². The molecular formula is C13H12BrClN2O2S. The maximum atomic E-state index is 12.6. The maximum Gasteiger partial charge on any atom is 0.267 e. The van der Waals surface area contributed by atoms with Crippen molar-refractivity contribution in [3.8, 4) is 0 Å². The molecule has 4 nitrogen and oxygen atoms in total. The van der Waals surface area contributed by atoms with Crippen molar-refractivity contribution in [2.24, 2.45) is 0 Å². The topological polar surface area (TPSA) is 50.3 Å². The third kappa shape index (κ3) is 2.97. The van der Waals surface area contributed by atoms with Gasteiger partial charge in [0.1, 0.15) is 10.0 Å². The van der Waals surface area contributed by atoms with E-state index in [1.54, 1.807) is 18.2 Å². The Morgan fingerprint density at radius 3 is 2.65 bits per heavy atom. The number of nitrogens with zero attached hydrogens (tertiary/aromatic N) is 2. The summed E-state index contributed by atoms with van der Waals surface area (Å²) in [4.78, 5) is 3.82. The van der Waals surface area contributed by atoms with Crippen LogP contribution in [0.1, 0.15) is 5.56 Å². The second-order valence-electron chi connectivity index (χ2n) is 4.25. The van der Waals surface area contributed by atoms with Gasteiger partial charge in [-0.05, 0) is 46.6 Å². The Hall–Kier alpha value is -1.11. The summed E-state index contributed by atoms with van der Waals surface area (Å²) in [6, 6.07) is 8.66. The second-order valence-corrected chi connectivity index (χ2v) is 7.47. The van der Waals surface area contributed by atoms with Gasteiger partial charge in [0, 0.05) is 17.7 Å². The summed E-state index contributed by atoms with van der Waals surface area (Å²) in [7, 11) is -2.27. The van der Waals surface area contributed by atoms with Gasteiger partial charge in [-0.15, -0.1) is 0 Å². The number of rotatable bonds is 3. The van der Waals surface area contributed by atoms with E-state index in [2.05, 4.69) is 20.9 Å². The van der Waals surface area contributed by atoms with Crippen LogP contribution in [-0.2, 0) is 10.0 Å². The smallest absolute Gasteiger partial charge is 0.267 e. The number of halogens is 2. The largest absolute Gasteiger partial charge is 0.269 e. The zero-order chi connectivity index (χ0) is 14.9. The van der Waals surface area contributed by atoms with Crippen molar-refractivity contribution in [3.05, 3.63) is 51.7 Å². The molecule has 0 unspecified atom stereocenters. The van der Waals surface area contributed by atoms with Crippen molar-refractivity contribution >= 4 is 43.2 Å². The predicted molar refractivity (Wildman–Crippen MR) is 83.7 cm³/mol. The van der Waals surface area contributed by atoms with E-state index >= 15 is 0 Å². The van der Waals surface area contributed by atoms with Crippen LogP contribution in [-0.4, -0.2) is 20.4 Å². The van der Waals surface area contributed by atoms with E-state index < -0.39 is 10.0 Å². The molecule has 0 saturated heterocycles. The van der Waals surface area contributed by atoms with Gasteiger partial charge >= 0.3 is 0 Å². The molecule has 7 heteroatoms. The number of aryl methyl sites for hydroxylation is 1. The standard InChI is InChI=1S/C13H12BrClN2O2S/c1-9-4-3-5-11(6-9)17(2)20(18,19)12-7-10(14)8-16-13(12)15/h3-8H,1-2H3. The molecule has 0 amide bonds. The zero-order valence-corrected chi connectivity index (χ0v) is 14.0. The van der Waals surface area contributed by atoms with Crippen molar-refractivity contribution in [2.75, 3.05) is 11.4 Å². The minimum atomic E-state index is -3.75. The molecule has 2 rings (SSSR count). The lowest BCUT2D eigenvalue weighted by Gasteiger charge is -2.20. The van der Waals surface area contributed by atoms with E-state index in [1.165, 1.54) is 23.6 Å². The molecule has 0 aliphatic rings. The highest BCUT2D eigenvalue weighted by atomic mass is 79.9. The molecule has 0 aliphatic heterocycles. The van der Waals surface area contributed by atoms with Crippen LogP contribution < -0.4 is 4.31 Å². The molecule has 0 saturated carbocycles. The summed E-state index contributed by atoms with van der Waals surface area (Å²) in [6.45, 7) is 1.90. The summed E-state index contributed by atoms with van der Waals surface area (Å²) < 4.78 is 26.9. The first-order valence-corrected chi connectivity index (χ1v) is 8.30. The van der Waals surface area contributed by atoms with Crippen molar-refractivity contribution < 1.29 is 8.42 Å². The molecule has 0 atom stereocenters. The van der Waals surface area contributed by atoms with Crippen LogP contribution in [0, 0.1) is 6.92 Å². The Morgan fingerprint density at radius 1 is 1.30 bits per heavy atom. The van der Waals surface area contributed by atoms with Gasteiger partial charge in [0.15, 0.2) is 0 Å². The number of pyridine rings is 1. The highest BCUT2D eigenvalue weighted by molar-refractivity contribution is 9.10. The molecule has 0 bridgehead atoms. The van der Waals surface area contributed by atoms with Crippen LogP contribution in [0.15, 0.2) is 45.9 Å². The Labute approximate surface area is 131 Å². The SMILES string of the molecule is Cc1cccc(N(C)S(=O)(=O)c2cc(Br)cnc2Cl)c1. The number of anilines is 1. The number of aromatic nitrogens is 1. The molecular weight excluding hydrogens is 364 g/mol. The van der Waals surface area contributed by atoms with Gasteiger partial charge in [-0.1, -0.05) is 23.7 Å². The van der Waals surface area contributed by atoms with Gasteiger partial charge in [-0.3, -0.25) is 4.31 Å². The van der Waals surface area contributed by atoms with Crippen LogP contribution in [0.25, 0.3) is 0 Å². The molecule has 0 aliphatic carbocycles. The van der Waals surface area contributed by atoms with Crippen molar-refractivity contribution in [3.63, 3.8) is 0 Å². The number of sulfonamides is 1. The first-order chi connectivity index (χ1) is 9.32. The molecule has 0 radical (unpaired) electrons. The molecule has 0 spiro atoms. The molecule has 0 N–H and O–H groups in total. The fourth-order valence-corrected chi connectivity index (χ4v) is 3.80. The third-order valence-electron chi connectivity index (χ3n) is 2.78. The van der Waals surface area contributed by atoms with Crippen LogP contribution >= 0.6 is 27.5 Å². The van der Waals surface area contributed by atoms with E-state index in [4.69, 9.17) is 11.6 Å². The molecule has 20 heavy (non-hydrogen) atoms. The van der Waals surface area contributed by atoms with Gasteiger partial charge in [-0.25, -0.2) is 13.4 Å². The average molecular weight is 376 g/mol. The maximum absolute atomic E-state index is 12.6. The van der Waals surface area contributed by atoms with Crippen LogP contribution in [0.5, 0.6) is 0 Å². The lowest BCUT2D eigenvalue weighted by molar-refractivity contribution is 0.594. The molecule has 1 heterocycles. The second kappa shape index (κ2) is 5.71. The Kier molecular flexibility index (Phi) is 4.36. The summed E-state index contributed by atoms with van der Waals surface area (Å²) in [5.41, 5.74) is 1.55. The summed E-state index contributed by atoms with van der Waals surface area (Å²) in [5, 5.41) is -0.0484. The van der Waals surface area contributed by atoms with Gasteiger partial charge in [0.25, 0.3) is 10.0 Å². The Bertz CT molecular complexity index is 750. The molecule has 1 aromatic carbocycles. The van der Waals surface area contributed by atoms with Crippen molar-refractivity contribution in [2.45, 2.75) is 11.8 Å². The Balaban J connectivity index is 2.52. The van der Waals surface area contributed by atoms with E-state index in [0.717, 1.165) is 5.56 Å². The first-order valence-electron chi connectivity index (χ1n) is 5.69. The summed E-state index contributed by atoms with van der Waals surface area (Å²) in [5.74, 6) is 0. The number of benzene rings is 1. The van der Waals surface area contributed by atoms with Crippen LogP contribution in [0.2, 0.25) is 5.15 Å². The van der Waals surface area contributed by atoms with E-state index in [-0.39, 0.29) is 10.0 Å². The lowest BCUT2D eigenvalue weighted by Crippen LogP contribution is -2.27. The fourth-order valence-electron chi connectivity index (χ4n) is 1.70. The van der Waals surface area contributed by atoms with Gasteiger partial charge in [0.05, 0.1) is 5.69 Å². The van der Waals surface area contributed by atoms with E-state index in [1.807, 2.05) is 13.0 Å². The highest BCUT2D eigenvalue weighted by Gasteiger charge is 2.25. The normalized spacial score (nSPS) is 11.4. The summed E-state index contributed by atoms with van der Waals surface area (Å²) in [6.07, 6.45) is 1.45. The third-order valence-corrected chi connectivity index (χ3v) is 5.42. The molecule has 106 valence electrons. The van der Waals surface area contributed by atoms with Crippen LogP contribution in [0.4, 0.5) is 5.69 Å². The monoisotopic (exact) mass is 374 g/mol. The zero-order valence-electron chi connectivity index (χ0n) is 10.8. The van der Waals surface area contributed by atoms with Crippen molar-refractivity contribution in [1.29, 1.82) is 0 Å². The summed E-state index contributed by atoms with van der Waals surface area (Å²) >= 11 is 9.11. The Morgan fingerprint density at radius 2 is 2.00 bits per heavy atom. The molecule has 0 fully saturated rings. The van der Waals surface area contributed by atoms with Crippen molar-refractivity contribution in [1.82, 2.24) is 4.98 Å². The van der Waals surface area contributed by atoms with Gasteiger partial charge < -0.3 is 0 Å².